The quantitative estimate of drug-likeness (QED) is 0.0650. The molecule has 0 spiro atoms. The molecule has 0 saturated carbocycles. The molecule has 362 valence electrons. The lowest BCUT2D eigenvalue weighted by molar-refractivity contribution is -0.172. The number of pyridine rings is 4. The largest absolute Gasteiger partial charge is 0.508 e. The Morgan fingerprint density at radius 1 is 0.652 bits per heavy atom. The van der Waals surface area contributed by atoms with Crippen LogP contribution in [0.1, 0.15) is 71.2 Å². The van der Waals surface area contributed by atoms with Gasteiger partial charge in [0.2, 0.25) is 0 Å². The summed E-state index contributed by atoms with van der Waals surface area (Å²) in [6.45, 7) is 18.1. The summed E-state index contributed by atoms with van der Waals surface area (Å²) >= 11 is 0. The normalized spacial score (nSPS) is 18.9. The number of hydrogen-bond acceptors (Lipinski definition) is 13. The number of hydrogen-bond donors (Lipinski definition) is 3. The van der Waals surface area contributed by atoms with Gasteiger partial charge in [0.05, 0.1) is 58.0 Å². The van der Waals surface area contributed by atoms with Crippen LogP contribution in [0, 0.1) is 0 Å². The fourth-order valence-electron chi connectivity index (χ4n) is 10.1. The van der Waals surface area contributed by atoms with Gasteiger partial charge in [0, 0.05) is 56.3 Å². The summed E-state index contributed by atoms with van der Waals surface area (Å²) in [6.07, 6.45) is 1.93. The van der Waals surface area contributed by atoms with E-state index < -0.39 is 39.3 Å². The Morgan fingerprint density at radius 3 is 1.54 bits per heavy atom. The predicted octanol–water partition coefficient (Wildman–Crippen LogP) is 7.61. The van der Waals surface area contributed by atoms with Crippen LogP contribution >= 0.6 is 0 Å². The molecule has 0 saturated heterocycles. The van der Waals surface area contributed by atoms with E-state index in [2.05, 4.69) is 39.3 Å². The summed E-state index contributed by atoms with van der Waals surface area (Å²) in [6, 6.07) is 16.6. The first-order chi connectivity index (χ1) is 32.6. The Labute approximate surface area is 401 Å². The number of rotatable bonds is 11. The van der Waals surface area contributed by atoms with Crippen molar-refractivity contribution in [1.29, 1.82) is 0 Å². The van der Waals surface area contributed by atoms with E-state index in [1.807, 2.05) is 18.2 Å². The number of methoxy groups -OCH3 is 1. The highest BCUT2D eigenvalue weighted by atomic mass is 28.3. The van der Waals surface area contributed by atoms with Gasteiger partial charge in [-0.1, -0.05) is 65.2 Å². The van der Waals surface area contributed by atoms with E-state index in [1.54, 1.807) is 60.4 Å². The topological polar surface area (TPSA) is 202 Å². The SMILES string of the molecule is CC[C@@]1(O)C(=O)OCc2c1cc1n(c2=O)Cc2c-1nc1ccc(O)cc1c2CC[Si](C)(C)C.CC[C@@]1(O)C(=O)OCc2c1cc1n(c2=O)Cc2c-1nc1ccc(OCOC)cc1c2CC[Si](C)(C)C. The van der Waals surface area contributed by atoms with Gasteiger partial charge >= 0.3 is 11.9 Å². The summed E-state index contributed by atoms with van der Waals surface area (Å²) in [5.41, 5.74) is 5.62. The van der Waals surface area contributed by atoms with Crippen LogP contribution in [0.4, 0.5) is 0 Å². The number of esters is 2. The van der Waals surface area contributed by atoms with Crippen molar-refractivity contribution in [1.82, 2.24) is 19.1 Å². The summed E-state index contributed by atoms with van der Waals surface area (Å²) in [7, 11) is -1.14. The van der Waals surface area contributed by atoms with E-state index in [4.69, 9.17) is 28.9 Å². The zero-order valence-corrected chi connectivity index (χ0v) is 42.8. The molecule has 4 aliphatic heterocycles. The molecule has 2 aromatic carbocycles. The Kier molecular flexibility index (Phi) is 12.2. The van der Waals surface area contributed by atoms with Crippen LogP contribution in [0.3, 0.4) is 0 Å². The molecule has 0 radical (unpaired) electrons. The van der Waals surface area contributed by atoms with Crippen LogP contribution in [0.15, 0.2) is 58.1 Å². The number of carbonyl (C=O) groups is 2. The van der Waals surface area contributed by atoms with Crippen molar-refractivity contribution in [3.05, 3.63) is 114 Å². The number of nitrogens with zero attached hydrogens (tertiary/aromatic N) is 4. The molecule has 0 unspecified atom stereocenters. The van der Waals surface area contributed by atoms with E-state index in [0.29, 0.717) is 58.2 Å². The highest BCUT2D eigenvalue weighted by molar-refractivity contribution is 6.76. The number of phenols is 1. The number of ether oxygens (including phenoxy) is 4. The van der Waals surface area contributed by atoms with Crippen LogP contribution in [-0.2, 0) is 74.1 Å². The lowest BCUT2D eigenvalue weighted by Gasteiger charge is -2.31. The Morgan fingerprint density at radius 2 is 1.10 bits per heavy atom. The van der Waals surface area contributed by atoms with Gasteiger partial charge in [-0.25, -0.2) is 19.6 Å². The number of aliphatic hydroxyl groups is 2. The third-order valence-electron chi connectivity index (χ3n) is 14.2. The zero-order chi connectivity index (χ0) is 49.5. The summed E-state index contributed by atoms with van der Waals surface area (Å²) in [4.78, 5) is 61.7. The number of benzene rings is 2. The third-order valence-corrected chi connectivity index (χ3v) is 17.7. The minimum absolute atomic E-state index is 0.112. The van der Waals surface area contributed by atoms with Crippen LogP contribution in [-0.4, -0.2) is 76.4 Å². The zero-order valence-electron chi connectivity index (χ0n) is 40.8. The van der Waals surface area contributed by atoms with Crippen LogP contribution in [0.2, 0.25) is 51.4 Å². The molecule has 4 aromatic heterocycles. The van der Waals surface area contributed by atoms with Crippen molar-refractivity contribution in [3.63, 3.8) is 0 Å². The number of aryl methyl sites for hydroxylation is 2. The monoisotopic (exact) mass is 972 g/mol. The molecule has 3 N–H and O–H groups in total. The minimum atomic E-state index is -1.84. The van der Waals surface area contributed by atoms with Crippen LogP contribution in [0.5, 0.6) is 11.5 Å². The van der Waals surface area contributed by atoms with Crippen molar-refractivity contribution in [2.45, 2.75) is 128 Å². The number of carbonyl (C=O) groups excluding carboxylic acids is 2. The first kappa shape index (κ1) is 48.1. The first-order valence-electron chi connectivity index (χ1n) is 23.7. The molecular weight excluding hydrogens is 913 g/mol. The fraction of sp³-hybridized carbons (Fsp3) is 0.423. The van der Waals surface area contributed by atoms with E-state index >= 15 is 0 Å². The van der Waals surface area contributed by atoms with Gasteiger partial charge in [-0.15, -0.1) is 0 Å². The second kappa shape index (κ2) is 17.5. The molecule has 10 rings (SSSR count). The van der Waals surface area contributed by atoms with Crippen molar-refractivity contribution in [2.75, 3.05) is 13.9 Å². The van der Waals surface area contributed by atoms with Gasteiger partial charge in [-0.3, -0.25) is 9.59 Å². The standard InChI is InChI=1S/C27H32N2O6Si.C25H28N2O5Si/c1-6-27(32)21-12-23-24-19(13-29(23)25(30)20(21)14-34-26(27)31)17(9-10-36(3,4)5)18-11-16(35-15-33-2)7-8-22(18)28-24;1-5-25(31)19-11-21-22-17(12-27(21)23(29)18(19)13-32-24(25)30)15(8-9-33(2,3)4)16-10-14(28)6-7-20(16)26-22/h7-8,11-12,32H,6,9-10,13-15H2,1-5H3;6-7,10-11,28,31H,5,8-9,12-13H2,1-4H3/t27-;25-/m00/s1. The molecule has 0 fully saturated rings. The number of aromatic hydroxyl groups is 1. The summed E-state index contributed by atoms with van der Waals surface area (Å²) in [5.74, 6) is -0.554. The molecule has 0 amide bonds. The molecule has 8 heterocycles. The number of phenolic OH excluding ortho intramolecular Hbond substituents is 1. The fourth-order valence-corrected chi connectivity index (χ4v) is 12.1. The van der Waals surface area contributed by atoms with E-state index in [1.165, 1.54) is 5.56 Å². The molecule has 6 aromatic rings. The molecule has 69 heavy (non-hydrogen) atoms. The molecule has 17 heteroatoms. The van der Waals surface area contributed by atoms with E-state index in [9.17, 15) is 34.5 Å². The Bertz CT molecular complexity index is 3260. The third kappa shape index (κ3) is 8.30. The molecule has 15 nitrogen and oxygen atoms in total. The maximum atomic E-state index is 13.6. The number of fused-ring (bicyclic) bond motifs is 10. The second-order valence-electron chi connectivity index (χ2n) is 21.1. The molecular formula is C52H60N4O11Si2. The average Bonchev–Trinajstić information content (AvgIpc) is 3.87. The van der Waals surface area contributed by atoms with Crippen molar-refractivity contribution >= 4 is 49.9 Å². The molecule has 4 aliphatic rings. The smallest absolute Gasteiger partial charge is 0.343 e. The van der Waals surface area contributed by atoms with Gasteiger partial charge in [0.1, 0.15) is 24.7 Å². The summed E-state index contributed by atoms with van der Waals surface area (Å²) < 4.78 is 24.5. The van der Waals surface area contributed by atoms with Crippen molar-refractivity contribution in [3.8, 4) is 34.3 Å². The lowest BCUT2D eigenvalue weighted by atomic mass is 9.86. The first-order valence-corrected chi connectivity index (χ1v) is 31.1. The van der Waals surface area contributed by atoms with Crippen molar-refractivity contribution in [2.24, 2.45) is 0 Å². The molecule has 0 bridgehead atoms. The van der Waals surface area contributed by atoms with Gasteiger partial charge in [-0.2, -0.15) is 0 Å². The molecule has 0 aliphatic carbocycles. The Hall–Kier alpha value is -5.99. The maximum Gasteiger partial charge on any atom is 0.343 e. The van der Waals surface area contributed by atoms with E-state index in [-0.39, 0.29) is 49.7 Å². The maximum absolute atomic E-state index is 13.6. The van der Waals surface area contributed by atoms with Crippen LogP contribution < -0.4 is 15.9 Å². The van der Waals surface area contributed by atoms with Gasteiger partial charge in [0.15, 0.2) is 18.0 Å². The Balaban J connectivity index is 0.000000172. The lowest BCUT2D eigenvalue weighted by Crippen LogP contribution is -2.44. The highest BCUT2D eigenvalue weighted by Gasteiger charge is 2.47. The predicted molar refractivity (Wildman–Crippen MR) is 267 cm³/mol. The summed E-state index contributed by atoms with van der Waals surface area (Å²) in [5, 5.41) is 34.3. The minimum Gasteiger partial charge on any atom is -0.508 e. The van der Waals surface area contributed by atoms with Crippen molar-refractivity contribution < 1.29 is 43.9 Å². The average molecular weight is 973 g/mol. The van der Waals surface area contributed by atoms with Gasteiger partial charge < -0.3 is 43.4 Å². The van der Waals surface area contributed by atoms with Gasteiger partial charge in [0.25, 0.3) is 11.1 Å². The van der Waals surface area contributed by atoms with Gasteiger partial charge in [-0.05, 0) is 85.3 Å². The van der Waals surface area contributed by atoms with Crippen LogP contribution in [0.25, 0.3) is 44.6 Å². The number of cyclic esters (lactones) is 2. The molecule has 2 atom stereocenters. The number of aromatic nitrogens is 4. The van der Waals surface area contributed by atoms with E-state index in [0.717, 1.165) is 69.1 Å². The second-order valence-corrected chi connectivity index (χ2v) is 32.3. The highest BCUT2D eigenvalue weighted by Crippen LogP contribution is 2.43.